The van der Waals surface area contributed by atoms with Gasteiger partial charge < -0.3 is 10.1 Å². The van der Waals surface area contributed by atoms with Crippen LogP contribution in [0.25, 0.3) is 0 Å². The fraction of sp³-hybridized carbons (Fsp3) is 1.00. The van der Waals surface area contributed by atoms with E-state index < -0.39 is 0 Å². The highest BCUT2D eigenvalue weighted by Crippen LogP contribution is 2.29. The zero-order valence-electron chi connectivity index (χ0n) is 12.0. The van der Waals surface area contributed by atoms with Gasteiger partial charge in [-0.05, 0) is 31.7 Å². The van der Waals surface area contributed by atoms with Crippen LogP contribution in [0.4, 0.5) is 0 Å². The van der Waals surface area contributed by atoms with Gasteiger partial charge in [-0.1, -0.05) is 20.8 Å². The summed E-state index contributed by atoms with van der Waals surface area (Å²) in [6.45, 7) is 11.0. The standard InChI is InChI=1S/C14H30N2O/c1-5-13(11-15-10-12(2)3)16(8-9-17-4)14-6-7-14/h12-15H,5-11H2,1-4H3. The van der Waals surface area contributed by atoms with Crippen molar-refractivity contribution in [2.45, 2.75) is 52.1 Å². The van der Waals surface area contributed by atoms with E-state index in [1.165, 1.54) is 19.3 Å². The van der Waals surface area contributed by atoms with E-state index in [0.29, 0.717) is 6.04 Å². The Morgan fingerprint density at radius 1 is 1.29 bits per heavy atom. The van der Waals surface area contributed by atoms with E-state index in [0.717, 1.165) is 38.2 Å². The van der Waals surface area contributed by atoms with E-state index in [1.54, 1.807) is 7.11 Å². The lowest BCUT2D eigenvalue weighted by Gasteiger charge is -2.31. The molecule has 1 fully saturated rings. The molecule has 1 aliphatic rings. The Labute approximate surface area is 107 Å². The fourth-order valence-corrected chi connectivity index (χ4v) is 2.30. The second kappa shape index (κ2) is 8.06. The minimum absolute atomic E-state index is 0.677. The monoisotopic (exact) mass is 242 g/mol. The second-order valence-corrected chi connectivity index (χ2v) is 5.58. The number of nitrogens with one attached hydrogen (secondary N) is 1. The van der Waals surface area contributed by atoms with Crippen LogP contribution in [0.5, 0.6) is 0 Å². The minimum atomic E-state index is 0.677. The Kier molecular flexibility index (Phi) is 7.09. The molecule has 3 nitrogen and oxygen atoms in total. The highest BCUT2D eigenvalue weighted by Gasteiger charge is 2.32. The normalized spacial score (nSPS) is 18.0. The lowest BCUT2D eigenvalue weighted by Crippen LogP contribution is -2.45. The molecule has 0 amide bonds. The first-order chi connectivity index (χ1) is 8.19. The van der Waals surface area contributed by atoms with E-state index in [-0.39, 0.29) is 0 Å². The Morgan fingerprint density at radius 3 is 2.47 bits per heavy atom. The third-order valence-corrected chi connectivity index (χ3v) is 3.44. The summed E-state index contributed by atoms with van der Waals surface area (Å²) in [4.78, 5) is 2.65. The van der Waals surface area contributed by atoms with Gasteiger partial charge in [-0.2, -0.15) is 0 Å². The van der Waals surface area contributed by atoms with Gasteiger partial charge >= 0.3 is 0 Å². The van der Waals surface area contributed by atoms with Gasteiger partial charge in [0.2, 0.25) is 0 Å². The molecule has 0 aromatic rings. The first-order valence-electron chi connectivity index (χ1n) is 7.14. The molecule has 0 spiro atoms. The van der Waals surface area contributed by atoms with E-state index in [2.05, 4.69) is 31.0 Å². The number of nitrogens with zero attached hydrogens (tertiary/aromatic N) is 1. The molecule has 1 saturated carbocycles. The van der Waals surface area contributed by atoms with Crippen molar-refractivity contribution in [3.8, 4) is 0 Å². The smallest absolute Gasteiger partial charge is 0.0589 e. The molecule has 0 bridgehead atoms. The molecule has 0 saturated heterocycles. The van der Waals surface area contributed by atoms with Gasteiger partial charge in [0.1, 0.15) is 0 Å². The summed E-state index contributed by atoms with van der Waals surface area (Å²) >= 11 is 0. The van der Waals surface area contributed by atoms with Crippen LogP contribution in [0.15, 0.2) is 0 Å². The van der Waals surface area contributed by atoms with Crippen molar-refractivity contribution in [1.82, 2.24) is 10.2 Å². The van der Waals surface area contributed by atoms with E-state index in [9.17, 15) is 0 Å². The van der Waals surface area contributed by atoms with Crippen LogP contribution in [0.3, 0.4) is 0 Å². The van der Waals surface area contributed by atoms with Gasteiger partial charge in [0.25, 0.3) is 0 Å². The van der Waals surface area contributed by atoms with Crippen LogP contribution in [0, 0.1) is 5.92 Å². The maximum absolute atomic E-state index is 5.23. The number of hydrogen-bond donors (Lipinski definition) is 1. The predicted molar refractivity (Wildman–Crippen MR) is 73.4 cm³/mol. The number of ether oxygens (including phenoxy) is 1. The molecule has 1 rings (SSSR count). The van der Waals surface area contributed by atoms with Gasteiger partial charge in [0.05, 0.1) is 6.61 Å². The van der Waals surface area contributed by atoms with Crippen molar-refractivity contribution in [3.05, 3.63) is 0 Å². The van der Waals surface area contributed by atoms with Crippen molar-refractivity contribution >= 4 is 0 Å². The maximum Gasteiger partial charge on any atom is 0.0589 e. The van der Waals surface area contributed by atoms with Crippen molar-refractivity contribution in [1.29, 1.82) is 0 Å². The highest BCUT2D eigenvalue weighted by atomic mass is 16.5. The van der Waals surface area contributed by atoms with E-state index in [4.69, 9.17) is 4.74 Å². The second-order valence-electron chi connectivity index (χ2n) is 5.58. The molecular weight excluding hydrogens is 212 g/mol. The first kappa shape index (κ1) is 14.9. The number of methoxy groups -OCH3 is 1. The van der Waals surface area contributed by atoms with Crippen LogP contribution >= 0.6 is 0 Å². The fourth-order valence-electron chi connectivity index (χ4n) is 2.30. The molecule has 0 heterocycles. The lowest BCUT2D eigenvalue weighted by atomic mass is 10.1. The SMILES string of the molecule is CCC(CNCC(C)C)N(CCOC)C1CC1. The summed E-state index contributed by atoms with van der Waals surface area (Å²) in [6, 6.07) is 1.51. The highest BCUT2D eigenvalue weighted by molar-refractivity contribution is 4.89. The zero-order chi connectivity index (χ0) is 12.7. The van der Waals surface area contributed by atoms with Crippen LogP contribution < -0.4 is 5.32 Å². The summed E-state index contributed by atoms with van der Waals surface area (Å²) in [5, 5.41) is 3.59. The van der Waals surface area contributed by atoms with Gasteiger partial charge in [-0.25, -0.2) is 0 Å². The molecule has 0 aliphatic heterocycles. The molecular formula is C14H30N2O. The largest absolute Gasteiger partial charge is 0.383 e. The Balaban J connectivity index is 2.32. The average molecular weight is 242 g/mol. The zero-order valence-corrected chi connectivity index (χ0v) is 12.0. The summed E-state index contributed by atoms with van der Waals surface area (Å²) in [7, 11) is 1.79. The minimum Gasteiger partial charge on any atom is -0.383 e. The topological polar surface area (TPSA) is 24.5 Å². The summed E-state index contributed by atoms with van der Waals surface area (Å²) < 4.78 is 5.23. The Bertz CT molecular complexity index is 193. The van der Waals surface area contributed by atoms with Gasteiger partial charge in [-0.15, -0.1) is 0 Å². The first-order valence-corrected chi connectivity index (χ1v) is 7.14. The molecule has 1 aliphatic carbocycles. The lowest BCUT2D eigenvalue weighted by molar-refractivity contribution is 0.110. The molecule has 102 valence electrons. The van der Waals surface area contributed by atoms with E-state index >= 15 is 0 Å². The molecule has 1 N–H and O–H groups in total. The Morgan fingerprint density at radius 2 is 2.00 bits per heavy atom. The molecule has 0 aromatic heterocycles. The van der Waals surface area contributed by atoms with Crippen LogP contribution in [-0.4, -0.2) is 50.3 Å². The number of hydrogen-bond acceptors (Lipinski definition) is 3. The quantitative estimate of drug-likeness (QED) is 0.635. The molecule has 0 aromatic carbocycles. The predicted octanol–water partition coefficient (Wildman–Crippen LogP) is 2.12. The van der Waals surface area contributed by atoms with E-state index in [1.807, 2.05) is 0 Å². The average Bonchev–Trinajstić information content (AvgIpc) is 3.10. The number of rotatable bonds is 10. The van der Waals surface area contributed by atoms with Gasteiger partial charge in [-0.3, -0.25) is 4.90 Å². The molecule has 1 atom stereocenters. The van der Waals surface area contributed by atoms with Gasteiger partial charge in [0.15, 0.2) is 0 Å². The summed E-state index contributed by atoms with van der Waals surface area (Å²) in [6.07, 6.45) is 3.99. The van der Waals surface area contributed by atoms with Crippen molar-refractivity contribution in [2.75, 3.05) is 33.4 Å². The maximum atomic E-state index is 5.23. The third kappa shape index (κ3) is 5.84. The van der Waals surface area contributed by atoms with Crippen LogP contribution in [0.1, 0.15) is 40.0 Å². The van der Waals surface area contributed by atoms with Crippen molar-refractivity contribution < 1.29 is 4.74 Å². The molecule has 1 unspecified atom stereocenters. The molecule has 17 heavy (non-hydrogen) atoms. The van der Waals surface area contributed by atoms with Crippen LogP contribution in [0.2, 0.25) is 0 Å². The van der Waals surface area contributed by atoms with Crippen molar-refractivity contribution in [3.63, 3.8) is 0 Å². The van der Waals surface area contributed by atoms with Crippen molar-refractivity contribution in [2.24, 2.45) is 5.92 Å². The third-order valence-electron chi connectivity index (χ3n) is 3.44. The van der Waals surface area contributed by atoms with Crippen LogP contribution in [-0.2, 0) is 4.74 Å². The Hall–Kier alpha value is -0.120. The van der Waals surface area contributed by atoms with Gasteiger partial charge in [0, 0.05) is 32.3 Å². The molecule has 3 heteroatoms. The summed E-state index contributed by atoms with van der Waals surface area (Å²) in [5.74, 6) is 0.737. The summed E-state index contributed by atoms with van der Waals surface area (Å²) in [5.41, 5.74) is 0. The molecule has 0 radical (unpaired) electrons.